The van der Waals surface area contributed by atoms with Crippen LogP contribution in [0.25, 0.3) is 10.1 Å². The molecule has 0 saturated heterocycles. The number of benzene rings is 1. The van der Waals surface area contributed by atoms with E-state index in [1.807, 2.05) is 12.1 Å². The maximum atomic E-state index is 11.5. The van der Waals surface area contributed by atoms with E-state index in [1.54, 1.807) is 18.3 Å². The Balaban J connectivity index is 1.93. The van der Waals surface area contributed by atoms with E-state index in [1.165, 1.54) is 15.0 Å². The highest BCUT2D eigenvalue weighted by Gasteiger charge is 2.12. The normalized spacial score (nSPS) is 13.7. The van der Waals surface area contributed by atoms with E-state index in [0.29, 0.717) is 13.1 Å². The van der Waals surface area contributed by atoms with Crippen molar-refractivity contribution in [2.45, 2.75) is 19.9 Å². The Morgan fingerprint density at radius 1 is 1.30 bits per heavy atom. The van der Waals surface area contributed by atoms with Gasteiger partial charge in [0.15, 0.2) is 0 Å². The van der Waals surface area contributed by atoms with E-state index in [2.05, 4.69) is 35.2 Å². The molecule has 1 atom stereocenters. The lowest BCUT2D eigenvalue weighted by atomic mass is 10.2. The molecular formula is C14H20N2O2S2. The van der Waals surface area contributed by atoms with Gasteiger partial charge in [0.1, 0.15) is 0 Å². The van der Waals surface area contributed by atoms with Crippen molar-refractivity contribution < 1.29 is 8.42 Å². The minimum Gasteiger partial charge on any atom is -0.308 e. The molecule has 0 aliphatic carbocycles. The van der Waals surface area contributed by atoms with Crippen LogP contribution in [-0.2, 0) is 10.0 Å². The summed E-state index contributed by atoms with van der Waals surface area (Å²) in [7, 11) is -3.14. The van der Waals surface area contributed by atoms with E-state index in [0.717, 1.165) is 0 Å². The second kappa shape index (κ2) is 6.67. The zero-order chi connectivity index (χ0) is 14.6. The van der Waals surface area contributed by atoms with Gasteiger partial charge in [-0.3, -0.25) is 0 Å². The first-order valence-corrected chi connectivity index (χ1v) is 9.18. The number of nitrogens with one attached hydrogen (secondary N) is 2. The highest BCUT2D eigenvalue weighted by Crippen LogP contribution is 2.29. The van der Waals surface area contributed by atoms with Gasteiger partial charge in [0.05, 0.1) is 5.75 Å². The number of fused-ring (bicyclic) bond motifs is 1. The molecule has 110 valence electrons. The predicted molar refractivity (Wildman–Crippen MR) is 85.7 cm³/mol. The number of thiophene rings is 1. The van der Waals surface area contributed by atoms with Crippen molar-refractivity contribution >= 4 is 31.4 Å². The first-order chi connectivity index (χ1) is 9.52. The second-order valence-corrected chi connectivity index (χ2v) is 7.72. The third kappa shape index (κ3) is 4.02. The Morgan fingerprint density at radius 2 is 2.05 bits per heavy atom. The highest BCUT2D eigenvalue weighted by atomic mass is 32.2. The van der Waals surface area contributed by atoms with Gasteiger partial charge in [0.2, 0.25) is 10.0 Å². The van der Waals surface area contributed by atoms with E-state index in [4.69, 9.17) is 0 Å². The van der Waals surface area contributed by atoms with Crippen LogP contribution in [0.5, 0.6) is 0 Å². The van der Waals surface area contributed by atoms with Crippen molar-refractivity contribution in [3.05, 3.63) is 35.2 Å². The molecule has 0 bridgehead atoms. The highest BCUT2D eigenvalue weighted by molar-refractivity contribution is 7.89. The maximum absolute atomic E-state index is 11.5. The van der Waals surface area contributed by atoms with Crippen LogP contribution in [0.15, 0.2) is 30.3 Å². The number of hydrogen-bond acceptors (Lipinski definition) is 4. The number of rotatable bonds is 7. The molecule has 1 heterocycles. The minimum atomic E-state index is -3.14. The van der Waals surface area contributed by atoms with Gasteiger partial charge in [-0.15, -0.1) is 11.3 Å². The predicted octanol–water partition coefficient (Wildman–Crippen LogP) is 2.49. The van der Waals surface area contributed by atoms with Gasteiger partial charge in [-0.05, 0) is 24.4 Å². The summed E-state index contributed by atoms with van der Waals surface area (Å²) in [5.41, 5.74) is 0. The Labute approximate surface area is 124 Å². The average Bonchev–Trinajstić information content (AvgIpc) is 2.82. The third-order valence-corrected chi connectivity index (χ3v) is 5.83. The summed E-state index contributed by atoms with van der Waals surface area (Å²) >= 11 is 1.75. The molecule has 0 saturated carbocycles. The molecule has 6 heteroatoms. The SMILES string of the molecule is CCNS(=O)(=O)CCNC(C)c1cc2ccccc2s1. The van der Waals surface area contributed by atoms with Gasteiger partial charge >= 0.3 is 0 Å². The lowest BCUT2D eigenvalue weighted by molar-refractivity contribution is 0.567. The zero-order valence-corrected chi connectivity index (χ0v) is 13.4. The monoisotopic (exact) mass is 312 g/mol. The van der Waals surface area contributed by atoms with Crippen LogP contribution in [0, 0.1) is 0 Å². The van der Waals surface area contributed by atoms with Crippen molar-refractivity contribution in [3.8, 4) is 0 Å². The van der Waals surface area contributed by atoms with Crippen molar-refractivity contribution in [1.29, 1.82) is 0 Å². The Kier molecular flexibility index (Phi) is 5.15. The van der Waals surface area contributed by atoms with Crippen molar-refractivity contribution in [2.24, 2.45) is 0 Å². The van der Waals surface area contributed by atoms with Crippen LogP contribution in [0.2, 0.25) is 0 Å². The standard InChI is InChI=1S/C14H20N2O2S2/c1-3-16-20(17,18)9-8-15-11(2)14-10-12-6-4-5-7-13(12)19-14/h4-7,10-11,15-16H,3,8-9H2,1-2H3. The summed E-state index contributed by atoms with van der Waals surface area (Å²) in [5, 5.41) is 4.50. The van der Waals surface area contributed by atoms with E-state index in [-0.39, 0.29) is 11.8 Å². The zero-order valence-electron chi connectivity index (χ0n) is 11.7. The summed E-state index contributed by atoms with van der Waals surface area (Å²) in [6.45, 7) is 4.73. The van der Waals surface area contributed by atoms with Gasteiger partial charge in [-0.1, -0.05) is 25.1 Å². The van der Waals surface area contributed by atoms with Crippen LogP contribution in [-0.4, -0.2) is 27.3 Å². The fourth-order valence-corrected chi connectivity index (χ4v) is 4.08. The van der Waals surface area contributed by atoms with Crippen LogP contribution in [0.3, 0.4) is 0 Å². The van der Waals surface area contributed by atoms with Gasteiger partial charge in [-0.2, -0.15) is 0 Å². The van der Waals surface area contributed by atoms with E-state index >= 15 is 0 Å². The van der Waals surface area contributed by atoms with E-state index < -0.39 is 10.0 Å². The molecule has 2 N–H and O–H groups in total. The quantitative estimate of drug-likeness (QED) is 0.826. The molecule has 0 fully saturated rings. The topological polar surface area (TPSA) is 58.2 Å². The summed E-state index contributed by atoms with van der Waals surface area (Å²) in [5.74, 6) is 0.107. The van der Waals surface area contributed by atoms with Crippen molar-refractivity contribution in [2.75, 3.05) is 18.8 Å². The van der Waals surface area contributed by atoms with Crippen LogP contribution >= 0.6 is 11.3 Å². The molecule has 1 aromatic heterocycles. The van der Waals surface area contributed by atoms with Crippen LogP contribution in [0.1, 0.15) is 24.8 Å². The molecule has 2 rings (SSSR count). The maximum Gasteiger partial charge on any atom is 0.212 e. The molecule has 0 aliphatic heterocycles. The molecule has 20 heavy (non-hydrogen) atoms. The molecule has 0 aliphatic rings. The Hall–Kier alpha value is -0.950. The molecular weight excluding hydrogens is 292 g/mol. The van der Waals surface area contributed by atoms with E-state index in [9.17, 15) is 8.42 Å². The van der Waals surface area contributed by atoms with Crippen molar-refractivity contribution in [3.63, 3.8) is 0 Å². The molecule has 0 spiro atoms. The van der Waals surface area contributed by atoms with Crippen LogP contribution in [0.4, 0.5) is 0 Å². The number of hydrogen-bond donors (Lipinski definition) is 2. The summed E-state index contributed by atoms with van der Waals surface area (Å²) in [6, 6.07) is 10.6. The Bertz CT molecular complexity index is 632. The average molecular weight is 312 g/mol. The van der Waals surface area contributed by atoms with Gasteiger partial charge in [-0.25, -0.2) is 13.1 Å². The van der Waals surface area contributed by atoms with Gasteiger partial charge in [0.25, 0.3) is 0 Å². The first-order valence-electron chi connectivity index (χ1n) is 6.71. The van der Waals surface area contributed by atoms with Gasteiger partial charge < -0.3 is 5.32 Å². The molecule has 1 unspecified atom stereocenters. The fraction of sp³-hybridized carbons (Fsp3) is 0.429. The summed E-state index contributed by atoms with van der Waals surface area (Å²) in [6.07, 6.45) is 0. The minimum absolute atomic E-state index is 0.107. The lowest BCUT2D eigenvalue weighted by Crippen LogP contribution is -2.32. The molecule has 0 amide bonds. The molecule has 1 aromatic carbocycles. The summed E-state index contributed by atoms with van der Waals surface area (Å²) < 4.78 is 26.8. The fourth-order valence-electron chi connectivity index (χ4n) is 2.02. The van der Waals surface area contributed by atoms with Crippen LogP contribution < -0.4 is 10.0 Å². The molecule has 2 aromatic rings. The largest absolute Gasteiger partial charge is 0.308 e. The smallest absolute Gasteiger partial charge is 0.212 e. The summed E-state index contributed by atoms with van der Waals surface area (Å²) in [4.78, 5) is 1.23. The van der Waals surface area contributed by atoms with Crippen molar-refractivity contribution in [1.82, 2.24) is 10.0 Å². The van der Waals surface area contributed by atoms with Gasteiger partial charge in [0, 0.05) is 28.7 Å². The molecule has 4 nitrogen and oxygen atoms in total. The number of sulfonamides is 1. The second-order valence-electron chi connectivity index (χ2n) is 4.68. The first kappa shape index (κ1) is 15.4. The third-order valence-electron chi connectivity index (χ3n) is 3.06. The lowest BCUT2D eigenvalue weighted by Gasteiger charge is -2.12. The molecule has 0 radical (unpaired) electrons. The Morgan fingerprint density at radius 3 is 2.75 bits per heavy atom.